The van der Waals surface area contributed by atoms with E-state index in [1.807, 2.05) is 32.9 Å². The van der Waals surface area contributed by atoms with Crippen molar-refractivity contribution in [1.82, 2.24) is 14.8 Å². The number of ether oxygens (including phenoxy) is 1. The lowest BCUT2D eigenvalue weighted by molar-refractivity contribution is -0.156. The Bertz CT molecular complexity index is 782. The van der Waals surface area contributed by atoms with E-state index in [-0.39, 0.29) is 5.97 Å². The predicted molar refractivity (Wildman–Crippen MR) is 115 cm³/mol. The van der Waals surface area contributed by atoms with Crippen molar-refractivity contribution in [1.29, 1.82) is 0 Å². The number of benzene rings is 1. The van der Waals surface area contributed by atoms with Crippen molar-refractivity contribution in [3.05, 3.63) is 22.7 Å². The molecule has 148 valence electrons. The molecule has 8 heteroatoms. The number of aromatic nitrogens is 1. The molecule has 0 radical (unpaired) electrons. The Labute approximate surface area is 173 Å². The molecule has 1 aromatic carbocycles. The minimum atomic E-state index is -0.415. The highest BCUT2D eigenvalue weighted by Crippen LogP contribution is 2.28. The first-order valence-corrected chi connectivity index (χ1v) is 10.9. The summed E-state index contributed by atoms with van der Waals surface area (Å²) in [6.07, 6.45) is 0. The first kappa shape index (κ1) is 20.5. The molecule has 0 spiro atoms. The number of rotatable bonds is 6. The molecule has 1 saturated heterocycles. The van der Waals surface area contributed by atoms with Gasteiger partial charge in [0, 0.05) is 43.7 Å². The normalized spacial score (nSPS) is 16.6. The first-order chi connectivity index (χ1) is 12.8. The average Bonchev–Trinajstić information content (AvgIpc) is 2.96. The van der Waals surface area contributed by atoms with Gasteiger partial charge in [0.25, 0.3) is 0 Å². The second-order valence-electron chi connectivity index (χ2n) is 7.76. The van der Waals surface area contributed by atoms with Gasteiger partial charge in [-0.1, -0.05) is 27.3 Å². The van der Waals surface area contributed by atoms with Crippen LogP contribution in [0.4, 0.5) is 5.13 Å². The summed E-state index contributed by atoms with van der Waals surface area (Å²) in [7, 11) is 0. The molecule has 27 heavy (non-hydrogen) atoms. The number of carbonyl (C=O) groups is 1. The van der Waals surface area contributed by atoms with Crippen molar-refractivity contribution >= 4 is 48.6 Å². The lowest BCUT2D eigenvalue weighted by atomic mass is 10.2. The summed E-state index contributed by atoms with van der Waals surface area (Å²) in [5.74, 6) is -0.139. The number of halogens is 1. The van der Waals surface area contributed by atoms with E-state index >= 15 is 0 Å². The number of esters is 1. The molecule has 0 saturated carbocycles. The summed E-state index contributed by atoms with van der Waals surface area (Å²) < 4.78 is 7.66. The van der Waals surface area contributed by atoms with E-state index in [2.05, 4.69) is 42.1 Å². The molecule has 0 aliphatic carbocycles. The summed E-state index contributed by atoms with van der Waals surface area (Å²) in [6, 6.07) is 6.15. The Morgan fingerprint density at radius 1 is 1.26 bits per heavy atom. The number of thiazole rings is 1. The standard InChI is InChI=1S/C19H27BrN4O2S/c1-19(2,3)26-17(25)13-24-10-8-23(9-11-24)7-6-21-18-22-15-5-4-14(20)12-16(15)27-18/h4-5,12H,6-11,13H2,1-3H3,(H,21,22). The molecular weight excluding hydrogens is 428 g/mol. The van der Waals surface area contributed by atoms with Crippen LogP contribution >= 0.6 is 27.3 Å². The van der Waals surface area contributed by atoms with Gasteiger partial charge in [0.15, 0.2) is 5.13 Å². The molecule has 2 heterocycles. The number of anilines is 1. The minimum absolute atomic E-state index is 0.139. The monoisotopic (exact) mass is 454 g/mol. The fourth-order valence-corrected chi connectivity index (χ4v) is 4.47. The SMILES string of the molecule is CC(C)(C)OC(=O)CN1CCN(CCNc2nc3ccc(Br)cc3s2)CC1. The quantitative estimate of drug-likeness (QED) is 0.674. The Kier molecular flexibility index (Phi) is 6.73. The maximum atomic E-state index is 11.9. The van der Waals surface area contributed by atoms with Gasteiger partial charge in [-0.2, -0.15) is 0 Å². The van der Waals surface area contributed by atoms with Gasteiger partial charge in [-0.05, 0) is 39.0 Å². The number of nitrogens with zero attached hydrogens (tertiary/aromatic N) is 3. The van der Waals surface area contributed by atoms with Gasteiger partial charge < -0.3 is 10.1 Å². The lowest BCUT2D eigenvalue weighted by Gasteiger charge is -2.34. The van der Waals surface area contributed by atoms with Gasteiger partial charge in [0.05, 0.1) is 16.8 Å². The molecule has 1 aliphatic heterocycles. The summed E-state index contributed by atoms with van der Waals surface area (Å²) in [5, 5.41) is 4.40. The van der Waals surface area contributed by atoms with Crippen LogP contribution in [0.2, 0.25) is 0 Å². The van der Waals surface area contributed by atoms with Gasteiger partial charge >= 0.3 is 5.97 Å². The topological polar surface area (TPSA) is 57.7 Å². The van der Waals surface area contributed by atoms with E-state index in [0.717, 1.165) is 54.4 Å². The van der Waals surface area contributed by atoms with Crippen molar-refractivity contribution in [3.8, 4) is 0 Å². The van der Waals surface area contributed by atoms with Crippen LogP contribution in [-0.2, 0) is 9.53 Å². The molecule has 0 bridgehead atoms. The maximum absolute atomic E-state index is 11.9. The summed E-state index contributed by atoms with van der Waals surface area (Å²) >= 11 is 5.18. The van der Waals surface area contributed by atoms with Crippen LogP contribution in [0.15, 0.2) is 22.7 Å². The number of carbonyl (C=O) groups excluding carboxylic acids is 1. The van der Waals surface area contributed by atoms with E-state index in [9.17, 15) is 4.79 Å². The van der Waals surface area contributed by atoms with Crippen LogP contribution in [0.5, 0.6) is 0 Å². The average molecular weight is 455 g/mol. The van der Waals surface area contributed by atoms with Crippen LogP contribution in [-0.4, -0.2) is 72.2 Å². The van der Waals surface area contributed by atoms with Gasteiger partial charge in [-0.25, -0.2) is 4.98 Å². The molecule has 1 N–H and O–H groups in total. The molecule has 6 nitrogen and oxygen atoms in total. The molecule has 1 aliphatic rings. The van der Waals surface area contributed by atoms with Crippen molar-refractivity contribution in [2.45, 2.75) is 26.4 Å². The Morgan fingerprint density at radius 2 is 1.96 bits per heavy atom. The van der Waals surface area contributed by atoms with E-state index < -0.39 is 5.60 Å². The molecular formula is C19H27BrN4O2S. The van der Waals surface area contributed by atoms with Crippen LogP contribution in [0.25, 0.3) is 10.2 Å². The third-order valence-corrected chi connectivity index (χ3v) is 5.76. The van der Waals surface area contributed by atoms with Crippen molar-refractivity contribution < 1.29 is 9.53 Å². The number of nitrogens with one attached hydrogen (secondary N) is 1. The first-order valence-electron chi connectivity index (χ1n) is 9.25. The van der Waals surface area contributed by atoms with E-state index in [1.165, 1.54) is 4.70 Å². The summed E-state index contributed by atoms with van der Waals surface area (Å²) in [6.45, 7) is 11.7. The number of fused-ring (bicyclic) bond motifs is 1. The third-order valence-electron chi connectivity index (χ3n) is 4.29. The Hall–Kier alpha value is -1.22. The zero-order valence-corrected chi connectivity index (χ0v) is 18.5. The number of hydrogen-bond donors (Lipinski definition) is 1. The molecule has 0 unspecified atom stereocenters. The molecule has 0 atom stereocenters. The Balaban J connectivity index is 1.37. The van der Waals surface area contributed by atoms with Gasteiger partial charge in [-0.15, -0.1) is 0 Å². The Morgan fingerprint density at radius 3 is 2.67 bits per heavy atom. The molecule has 0 amide bonds. The van der Waals surface area contributed by atoms with E-state index in [1.54, 1.807) is 11.3 Å². The fraction of sp³-hybridized carbons (Fsp3) is 0.579. The molecule has 2 aromatic rings. The highest BCUT2D eigenvalue weighted by Gasteiger charge is 2.22. The smallest absolute Gasteiger partial charge is 0.320 e. The highest BCUT2D eigenvalue weighted by atomic mass is 79.9. The highest BCUT2D eigenvalue weighted by molar-refractivity contribution is 9.10. The van der Waals surface area contributed by atoms with Gasteiger partial charge in [0.1, 0.15) is 5.60 Å². The second-order valence-corrected chi connectivity index (χ2v) is 9.71. The minimum Gasteiger partial charge on any atom is -0.459 e. The number of piperazine rings is 1. The molecule has 1 aromatic heterocycles. The number of hydrogen-bond acceptors (Lipinski definition) is 7. The summed E-state index contributed by atoms with van der Waals surface area (Å²) in [4.78, 5) is 21.1. The fourth-order valence-electron chi connectivity index (χ4n) is 3.02. The van der Waals surface area contributed by atoms with E-state index in [0.29, 0.717) is 6.54 Å². The lowest BCUT2D eigenvalue weighted by Crippen LogP contribution is -2.49. The molecule has 1 fully saturated rings. The predicted octanol–water partition coefficient (Wildman–Crippen LogP) is 3.43. The van der Waals surface area contributed by atoms with Crippen molar-refractivity contribution in [2.24, 2.45) is 0 Å². The zero-order valence-electron chi connectivity index (χ0n) is 16.1. The second kappa shape index (κ2) is 8.86. The van der Waals surface area contributed by atoms with Gasteiger partial charge in [-0.3, -0.25) is 14.6 Å². The zero-order chi connectivity index (χ0) is 19.4. The van der Waals surface area contributed by atoms with Crippen LogP contribution in [0.3, 0.4) is 0 Å². The summed E-state index contributed by atoms with van der Waals surface area (Å²) in [5.41, 5.74) is 0.614. The van der Waals surface area contributed by atoms with E-state index in [4.69, 9.17) is 4.74 Å². The molecule has 3 rings (SSSR count). The third kappa shape index (κ3) is 6.41. The largest absolute Gasteiger partial charge is 0.459 e. The van der Waals surface area contributed by atoms with Crippen LogP contribution in [0.1, 0.15) is 20.8 Å². The van der Waals surface area contributed by atoms with Crippen LogP contribution < -0.4 is 5.32 Å². The van der Waals surface area contributed by atoms with Crippen molar-refractivity contribution in [2.75, 3.05) is 51.1 Å². The maximum Gasteiger partial charge on any atom is 0.320 e. The van der Waals surface area contributed by atoms with Crippen LogP contribution in [0, 0.1) is 0 Å². The van der Waals surface area contributed by atoms with Crippen molar-refractivity contribution in [3.63, 3.8) is 0 Å². The van der Waals surface area contributed by atoms with Gasteiger partial charge in [0.2, 0.25) is 0 Å².